The number of pyridine rings is 1. The smallest absolute Gasteiger partial charge is 0.272 e. The zero-order chi connectivity index (χ0) is 19.5. The van der Waals surface area contributed by atoms with Crippen LogP contribution in [0.3, 0.4) is 0 Å². The number of aromatic nitrogens is 3. The summed E-state index contributed by atoms with van der Waals surface area (Å²) in [5.74, 6) is -0.00947. The van der Waals surface area contributed by atoms with Crippen molar-refractivity contribution in [2.45, 2.75) is 32.7 Å². The maximum Gasteiger partial charge on any atom is 0.272 e. The van der Waals surface area contributed by atoms with Crippen LogP contribution in [-0.2, 0) is 19.4 Å². The van der Waals surface area contributed by atoms with Crippen molar-refractivity contribution in [3.8, 4) is 11.6 Å². The third-order valence-electron chi connectivity index (χ3n) is 4.79. The minimum atomic E-state index is -0.299. The first-order chi connectivity index (χ1) is 13.7. The van der Waals surface area contributed by atoms with E-state index < -0.39 is 0 Å². The molecule has 0 unspecified atom stereocenters. The monoisotopic (exact) mass is 380 g/mol. The Hall–Kier alpha value is -3.22. The number of benzene rings is 1. The van der Waals surface area contributed by atoms with E-state index in [0.29, 0.717) is 24.7 Å². The largest absolute Gasteiger partial charge is 0.478 e. The SMILES string of the molecule is CCOc1ncccc1CNC(=O)c1nn(-c2ccc(F)cc2)c2c1CCC2. The standard InChI is InChI=1S/C21H21FN4O2/c1-2-28-21-14(5-4-12-23-21)13-24-20(27)19-17-6-3-7-18(17)26(25-19)16-10-8-15(22)9-11-16/h4-5,8-12H,2-3,6-7,13H2,1H3,(H,24,27). The van der Waals surface area contributed by atoms with E-state index in [1.165, 1.54) is 12.1 Å². The Bertz CT molecular complexity index is 998. The summed E-state index contributed by atoms with van der Waals surface area (Å²) in [6.07, 6.45) is 4.31. The molecule has 4 rings (SSSR count). The van der Waals surface area contributed by atoms with Gasteiger partial charge in [0.25, 0.3) is 5.91 Å². The van der Waals surface area contributed by atoms with Gasteiger partial charge in [-0.15, -0.1) is 0 Å². The van der Waals surface area contributed by atoms with Gasteiger partial charge in [0.2, 0.25) is 5.88 Å². The van der Waals surface area contributed by atoms with Crippen LogP contribution in [0.2, 0.25) is 0 Å². The first kappa shape index (κ1) is 18.2. The van der Waals surface area contributed by atoms with E-state index in [2.05, 4.69) is 15.4 Å². The molecule has 0 fully saturated rings. The molecule has 0 spiro atoms. The summed E-state index contributed by atoms with van der Waals surface area (Å²) in [5.41, 5.74) is 3.99. The van der Waals surface area contributed by atoms with E-state index in [-0.39, 0.29) is 11.7 Å². The van der Waals surface area contributed by atoms with Gasteiger partial charge in [-0.3, -0.25) is 4.79 Å². The minimum absolute atomic E-state index is 0.231. The lowest BCUT2D eigenvalue weighted by molar-refractivity contribution is 0.0944. The third kappa shape index (κ3) is 3.47. The second-order valence-electron chi connectivity index (χ2n) is 6.60. The minimum Gasteiger partial charge on any atom is -0.478 e. The Morgan fingerprint density at radius 3 is 2.86 bits per heavy atom. The number of hydrogen-bond donors (Lipinski definition) is 1. The summed E-state index contributed by atoms with van der Waals surface area (Å²) < 4.78 is 20.5. The lowest BCUT2D eigenvalue weighted by Crippen LogP contribution is -2.25. The molecule has 7 heteroatoms. The zero-order valence-electron chi connectivity index (χ0n) is 15.6. The molecular formula is C21H21FN4O2. The highest BCUT2D eigenvalue weighted by Crippen LogP contribution is 2.28. The highest BCUT2D eigenvalue weighted by atomic mass is 19.1. The van der Waals surface area contributed by atoms with Crippen LogP contribution in [0.4, 0.5) is 4.39 Å². The molecule has 0 aliphatic heterocycles. The Labute approximate surface area is 162 Å². The van der Waals surface area contributed by atoms with Crippen LogP contribution in [0.1, 0.15) is 40.7 Å². The zero-order valence-corrected chi connectivity index (χ0v) is 15.6. The normalized spacial score (nSPS) is 12.6. The molecule has 28 heavy (non-hydrogen) atoms. The molecule has 0 bridgehead atoms. The molecule has 1 aliphatic carbocycles. The molecule has 2 heterocycles. The van der Waals surface area contributed by atoms with Gasteiger partial charge in [-0.1, -0.05) is 6.07 Å². The number of ether oxygens (including phenoxy) is 1. The highest BCUT2D eigenvalue weighted by Gasteiger charge is 2.27. The number of fused-ring (bicyclic) bond motifs is 1. The van der Waals surface area contributed by atoms with Crippen LogP contribution in [-0.4, -0.2) is 27.3 Å². The van der Waals surface area contributed by atoms with Gasteiger partial charge in [-0.25, -0.2) is 14.1 Å². The van der Waals surface area contributed by atoms with Gasteiger partial charge in [0.15, 0.2) is 5.69 Å². The summed E-state index contributed by atoms with van der Waals surface area (Å²) in [4.78, 5) is 17.0. The number of halogens is 1. The fourth-order valence-electron chi connectivity index (χ4n) is 3.50. The first-order valence-corrected chi connectivity index (χ1v) is 9.39. The summed E-state index contributed by atoms with van der Waals surface area (Å²) >= 11 is 0. The molecule has 0 saturated carbocycles. The van der Waals surface area contributed by atoms with Crippen LogP contribution in [0, 0.1) is 5.82 Å². The molecule has 0 radical (unpaired) electrons. The first-order valence-electron chi connectivity index (χ1n) is 9.39. The molecule has 0 atom stereocenters. The quantitative estimate of drug-likeness (QED) is 0.713. The van der Waals surface area contributed by atoms with E-state index in [0.717, 1.165) is 41.8 Å². The van der Waals surface area contributed by atoms with E-state index >= 15 is 0 Å². The number of carbonyl (C=O) groups excluding carboxylic acids is 1. The Kier molecular flexibility index (Phi) is 5.06. The predicted molar refractivity (Wildman–Crippen MR) is 102 cm³/mol. The van der Waals surface area contributed by atoms with Gasteiger partial charge in [0.1, 0.15) is 5.82 Å². The van der Waals surface area contributed by atoms with Crippen molar-refractivity contribution in [3.63, 3.8) is 0 Å². The second kappa shape index (κ2) is 7.80. The van der Waals surface area contributed by atoms with Crippen molar-refractivity contribution >= 4 is 5.91 Å². The van der Waals surface area contributed by atoms with Crippen LogP contribution < -0.4 is 10.1 Å². The van der Waals surface area contributed by atoms with Gasteiger partial charge < -0.3 is 10.1 Å². The molecule has 6 nitrogen and oxygen atoms in total. The van der Waals surface area contributed by atoms with Crippen molar-refractivity contribution in [2.75, 3.05) is 6.61 Å². The van der Waals surface area contributed by atoms with E-state index in [1.54, 1.807) is 23.0 Å². The fraction of sp³-hybridized carbons (Fsp3) is 0.286. The van der Waals surface area contributed by atoms with Crippen molar-refractivity contribution in [1.82, 2.24) is 20.1 Å². The van der Waals surface area contributed by atoms with Gasteiger partial charge in [-0.05, 0) is 56.5 Å². The van der Waals surface area contributed by atoms with Crippen molar-refractivity contribution in [3.05, 3.63) is 70.9 Å². The molecule has 2 aromatic heterocycles. The third-order valence-corrected chi connectivity index (χ3v) is 4.79. The Morgan fingerprint density at radius 1 is 1.25 bits per heavy atom. The van der Waals surface area contributed by atoms with Crippen LogP contribution in [0.25, 0.3) is 5.69 Å². The number of hydrogen-bond acceptors (Lipinski definition) is 4. The van der Waals surface area contributed by atoms with Crippen molar-refractivity contribution < 1.29 is 13.9 Å². The summed E-state index contributed by atoms with van der Waals surface area (Å²) in [6, 6.07) is 9.83. The Balaban J connectivity index is 1.57. The molecule has 1 N–H and O–H groups in total. The van der Waals surface area contributed by atoms with Gasteiger partial charge in [0, 0.05) is 29.6 Å². The molecule has 1 amide bonds. The lowest BCUT2D eigenvalue weighted by atomic mass is 10.2. The van der Waals surface area contributed by atoms with Gasteiger partial charge in [-0.2, -0.15) is 5.10 Å². The molecule has 0 saturated heterocycles. The van der Waals surface area contributed by atoms with Crippen LogP contribution >= 0.6 is 0 Å². The van der Waals surface area contributed by atoms with E-state index in [4.69, 9.17) is 4.74 Å². The van der Waals surface area contributed by atoms with Gasteiger partial charge in [0.05, 0.1) is 12.3 Å². The maximum absolute atomic E-state index is 13.2. The highest BCUT2D eigenvalue weighted by molar-refractivity contribution is 5.94. The molecule has 1 aliphatic rings. The van der Waals surface area contributed by atoms with E-state index in [1.807, 2.05) is 19.1 Å². The average molecular weight is 380 g/mol. The molecule has 3 aromatic rings. The fourth-order valence-corrected chi connectivity index (χ4v) is 3.50. The van der Waals surface area contributed by atoms with Crippen molar-refractivity contribution in [2.24, 2.45) is 0 Å². The number of nitrogens with one attached hydrogen (secondary N) is 1. The number of carbonyl (C=O) groups is 1. The summed E-state index contributed by atoms with van der Waals surface area (Å²) in [5, 5.41) is 7.46. The summed E-state index contributed by atoms with van der Waals surface area (Å²) in [6.45, 7) is 2.70. The summed E-state index contributed by atoms with van der Waals surface area (Å²) in [7, 11) is 0. The molecule has 144 valence electrons. The van der Waals surface area contributed by atoms with Crippen molar-refractivity contribution in [1.29, 1.82) is 0 Å². The number of nitrogens with zero attached hydrogens (tertiary/aromatic N) is 3. The average Bonchev–Trinajstić information content (AvgIpc) is 3.31. The van der Waals surface area contributed by atoms with Crippen LogP contribution in [0.5, 0.6) is 5.88 Å². The second-order valence-corrected chi connectivity index (χ2v) is 6.60. The number of amides is 1. The topological polar surface area (TPSA) is 69.0 Å². The maximum atomic E-state index is 13.2. The molecule has 1 aromatic carbocycles. The lowest BCUT2D eigenvalue weighted by Gasteiger charge is -2.09. The molecular weight excluding hydrogens is 359 g/mol. The predicted octanol–water partition coefficient (Wildman–Crippen LogP) is 3.22. The van der Waals surface area contributed by atoms with Crippen LogP contribution in [0.15, 0.2) is 42.6 Å². The van der Waals surface area contributed by atoms with Gasteiger partial charge >= 0.3 is 0 Å². The number of rotatable bonds is 6. The Morgan fingerprint density at radius 2 is 2.07 bits per heavy atom. The van der Waals surface area contributed by atoms with E-state index in [9.17, 15) is 9.18 Å².